The molecule has 0 radical (unpaired) electrons. The van der Waals surface area contributed by atoms with Gasteiger partial charge in [0.05, 0.1) is 28.8 Å². The first-order chi connectivity index (χ1) is 12.4. The number of likely N-dealkylation sites (N-methyl/N-ethyl adjacent to an activating group) is 1. The van der Waals surface area contributed by atoms with Gasteiger partial charge < -0.3 is 10.3 Å². The summed E-state index contributed by atoms with van der Waals surface area (Å²) < 4.78 is 0. The summed E-state index contributed by atoms with van der Waals surface area (Å²) in [6, 6.07) is 8.92. The Morgan fingerprint density at radius 3 is 2.62 bits per heavy atom. The molecule has 3 atom stereocenters. The number of fused-ring (bicyclic) bond motifs is 1. The molecule has 8 nitrogen and oxygen atoms in total. The summed E-state index contributed by atoms with van der Waals surface area (Å²) in [6.45, 7) is 1.12. The molecule has 1 aromatic heterocycles. The van der Waals surface area contributed by atoms with Gasteiger partial charge in [-0.1, -0.05) is 17.4 Å². The zero-order valence-electron chi connectivity index (χ0n) is 13.8. The van der Waals surface area contributed by atoms with E-state index in [9.17, 15) is 25.9 Å². The van der Waals surface area contributed by atoms with Crippen LogP contribution in [0.3, 0.4) is 0 Å². The molecule has 1 N–H and O–H groups in total. The second-order valence-corrected chi connectivity index (χ2v) is 7.54. The zero-order chi connectivity index (χ0) is 19.1. The predicted octanol–water partition coefficient (Wildman–Crippen LogP) is 2.43. The highest BCUT2D eigenvalue weighted by Crippen LogP contribution is 2.54. The summed E-state index contributed by atoms with van der Waals surface area (Å²) in [6.07, 6.45) is 1.88. The smallest absolute Gasteiger partial charge is 0.305 e. The number of nitrogens with one attached hydrogen (secondary N) is 1. The van der Waals surface area contributed by atoms with Crippen molar-refractivity contribution in [1.29, 1.82) is 21.2 Å². The van der Waals surface area contributed by atoms with Gasteiger partial charge in [0.1, 0.15) is 5.92 Å². The molecular weight excluding hydrogens is 352 g/mol. The van der Waals surface area contributed by atoms with Gasteiger partial charge in [-0.15, -0.1) is 0 Å². The van der Waals surface area contributed by atoms with Crippen LogP contribution in [0, 0.1) is 66.8 Å². The first-order valence-corrected chi connectivity index (χ1v) is 8.65. The van der Waals surface area contributed by atoms with E-state index in [0.29, 0.717) is 18.0 Å². The van der Waals surface area contributed by atoms with Gasteiger partial charge in [0, 0.05) is 35.9 Å². The Balaban J connectivity index is 2.24. The van der Waals surface area contributed by atoms with Crippen molar-refractivity contribution in [3.05, 3.63) is 38.8 Å². The second kappa shape index (κ2) is 6.34. The molecule has 3 rings (SSSR count). The maximum absolute atomic E-state index is 11.1. The Bertz CT molecular complexity index is 930. The zero-order valence-corrected chi connectivity index (χ0v) is 14.7. The van der Waals surface area contributed by atoms with E-state index in [2.05, 4.69) is 6.07 Å². The number of nitriles is 3. The third-order valence-corrected chi connectivity index (χ3v) is 6.19. The van der Waals surface area contributed by atoms with Crippen molar-refractivity contribution in [3.8, 4) is 18.2 Å². The molecule has 26 heavy (non-hydrogen) atoms. The van der Waals surface area contributed by atoms with Crippen molar-refractivity contribution in [1.82, 2.24) is 4.90 Å². The van der Waals surface area contributed by atoms with Crippen LogP contribution in [0.4, 0.5) is 5.00 Å². The van der Waals surface area contributed by atoms with Gasteiger partial charge in [-0.05, 0) is 18.7 Å². The lowest BCUT2D eigenvalue weighted by Gasteiger charge is -2.46. The van der Waals surface area contributed by atoms with E-state index in [1.165, 1.54) is 6.07 Å². The van der Waals surface area contributed by atoms with E-state index in [1.807, 2.05) is 30.2 Å². The Morgan fingerprint density at radius 2 is 2.08 bits per heavy atom. The van der Waals surface area contributed by atoms with Gasteiger partial charge in [-0.3, -0.25) is 10.1 Å². The van der Waals surface area contributed by atoms with E-state index in [-0.39, 0.29) is 16.6 Å². The van der Waals surface area contributed by atoms with Crippen LogP contribution in [-0.4, -0.2) is 35.7 Å². The average molecular weight is 366 g/mol. The average Bonchev–Trinajstić information content (AvgIpc) is 3.11. The number of nitrogens with zero attached hydrogens (tertiary/aromatic N) is 5. The SMILES string of the molecule is CN1CC=C2C(C#N)C(=N)C(C#N)(C#N)[C@@H](c3ccc([N+](=O)[O-])s3)[C@H]2C1. The first kappa shape index (κ1) is 17.8. The molecule has 130 valence electrons. The third kappa shape index (κ3) is 2.40. The summed E-state index contributed by atoms with van der Waals surface area (Å²) in [5.74, 6) is -1.97. The van der Waals surface area contributed by atoms with Crippen molar-refractivity contribution in [2.75, 3.05) is 20.1 Å². The molecule has 1 aliphatic carbocycles. The van der Waals surface area contributed by atoms with Crippen LogP contribution < -0.4 is 0 Å². The van der Waals surface area contributed by atoms with Crippen LogP contribution in [0.15, 0.2) is 23.8 Å². The number of nitro groups is 1. The topological polar surface area (TPSA) is 142 Å². The Hall–Kier alpha value is -3.06. The molecule has 2 aliphatic rings. The largest absolute Gasteiger partial charge is 0.324 e. The van der Waals surface area contributed by atoms with Gasteiger partial charge in [0.2, 0.25) is 0 Å². The fourth-order valence-corrected chi connectivity index (χ4v) is 4.92. The minimum atomic E-state index is -1.82. The predicted molar refractivity (Wildman–Crippen MR) is 93.3 cm³/mol. The van der Waals surface area contributed by atoms with E-state index in [1.54, 1.807) is 6.07 Å². The molecule has 0 bridgehead atoms. The van der Waals surface area contributed by atoms with E-state index < -0.39 is 22.2 Å². The first-order valence-electron chi connectivity index (χ1n) is 7.83. The lowest BCUT2D eigenvalue weighted by atomic mass is 9.55. The maximum atomic E-state index is 11.1. The Kier molecular flexibility index (Phi) is 4.33. The molecule has 1 aromatic rings. The van der Waals surface area contributed by atoms with Gasteiger partial charge >= 0.3 is 5.00 Å². The Morgan fingerprint density at radius 1 is 1.38 bits per heavy atom. The molecule has 0 spiro atoms. The van der Waals surface area contributed by atoms with E-state index >= 15 is 0 Å². The highest BCUT2D eigenvalue weighted by molar-refractivity contribution is 7.15. The summed E-state index contributed by atoms with van der Waals surface area (Å²) in [5.41, 5.74) is -1.32. The van der Waals surface area contributed by atoms with Crippen LogP contribution in [0.25, 0.3) is 0 Å². The fraction of sp³-hybridized carbons (Fsp3) is 0.412. The van der Waals surface area contributed by atoms with Gasteiger partial charge in [0.15, 0.2) is 5.41 Å². The van der Waals surface area contributed by atoms with Crippen molar-refractivity contribution >= 4 is 22.0 Å². The molecule has 1 saturated carbocycles. The van der Waals surface area contributed by atoms with Gasteiger partial charge in [0.25, 0.3) is 0 Å². The van der Waals surface area contributed by atoms with Gasteiger partial charge in [-0.2, -0.15) is 15.8 Å². The molecule has 9 heteroatoms. The summed E-state index contributed by atoms with van der Waals surface area (Å²) in [5, 5.41) is 48.7. The molecule has 1 aliphatic heterocycles. The lowest BCUT2D eigenvalue weighted by molar-refractivity contribution is -0.380. The minimum absolute atomic E-state index is 0.0755. The van der Waals surface area contributed by atoms with E-state index in [4.69, 9.17) is 5.41 Å². The molecular formula is C17H14N6O2S. The van der Waals surface area contributed by atoms with E-state index in [0.717, 1.165) is 16.9 Å². The standard InChI is InChI=1S/C17H14N6O2S/c1-22-5-4-10-11(6-18)16(21)17(8-19,9-20)15(12(10)7-22)13-2-3-14(26-13)23(24)25/h2-4,11-12,15,21H,5,7H2,1H3/t11?,12-,15+/m0/s1. The molecule has 1 unspecified atom stereocenters. The van der Waals surface area contributed by atoms with Crippen LogP contribution in [0.5, 0.6) is 0 Å². The van der Waals surface area contributed by atoms with Gasteiger partial charge in [-0.25, -0.2) is 0 Å². The number of hydrogen-bond donors (Lipinski definition) is 1. The monoisotopic (exact) mass is 366 g/mol. The number of thiophene rings is 1. The summed E-state index contributed by atoms with van der Waals surface area (Å²) in [4.78, 5) is 13.1. The molecule has 0 aromatic carbocycles. The molecule has 0 saturated heterocycles. The van der Waals surface area contributed by atoms with Crippen LogP contribution in [0.2, 0.25) is 0 Å². The highest BCUT2D eigenvalue weighted by atomic mass is 32.1. The number of hydrogen-bond acceptors (Lipinski definition) is 8. The lowest BCUT2D eigenvalue weighted by Crippen LogP contribution is -2.52. The third-order valence-electron chi connectivity index (χ3n) is 5.07. The van der Waals surface area contributed by atoms with Crippen LogP contribution >= 0.6 is 11.3 Å². The minimum Gasteiger partial charge on any atom is -0.305 e. The number of rotatable bonds is 2. The van der Waals surface area contributed by atoms with Crippen molar-refractivity contribution < 1.29 is 4.92 Å². The summed E-state index contributed by atoms with van der Waals surface area (Å²) >= 11 is 0.922. The Labute approximate surface area is 153 Å². The fourth-order valence-electron chi connectivity index (χ4n) is 3.86. The van der Waals surface area contributed by atoms with Crippen molar-refractivity contribution in [3.63, 3.8) is 0 Å². The van der Waals surface area contributed by atoms with Crippen LogP contribution in [-0.2, 0) is 0 Å². The second-order valence-electron chi connectivity index (χ2n) is 6.45. The highest BCUT2D eigenvalue weighted by Gasteiger charge is 2.58. The quantitative estimate of drug-likeness (QED) is 0.484. The maximum Gasteiger partial charge on any atom is 0.324 e. The normalized spacial score (nSPS) is 27.4. The van der Waals surface area contributed by atoms with Crippen molar-refractivity contribution in [2.45, 2.75) is 5.92 Å². The molecule has 2 heterocycles. The molecule has 1 fully saturated rings. The van der Waals surface area contributed by atoms with Crippen molar-refractivity contribution in [2.24, 2.45) is 17.3 Å². The summed E-state index contributed by atoms with van der Waals surface area (Å²) in [7, 11) is 1.89. The molecule has 0 amide bonds. The van der Waals surface area contributed by atoms with Crippen LogP contribution in [0.1, 0.15) is 10.8 Å².